The number of nitrogens with one attached hydrogen (secondary N) is 2. The SMILES string of the molecule is CC1(CNCCNC2CC2)CCCO1. The summed E-state index contributed by atoms with van der Waals surface area (Å²) in [7, 11) is 0. The normalized spacial score (nSPS) is 32.4. The molecule has 0 bridgehead atoms. The van der Waals surface area contributed by atoms with Gasteiger partial charge in [0.2, 0.25) is 0 Å². The molecule has 0 aromatic rings. The van der Waals surface area contributed by atoms with E-state index in [1.54, 1.807) is 0 Å². The predicted octanol–water partition coefficient (Wildman–Crippen LogP) is 0.897. The van der Waals surface area contributed by atoms with Crippen molar-refractivity contribution >= 4 is 0 Å². The Hall–Kier alpha value is -0.120. The number of hydrogen-bond donors (Lipinski definition) is 2. The van der Waals surface area contributed by atoms with Crippen molar-refractivity contribution in [3.63, 3.8) is 0 Å². The van der Waals surface area contributed by atoms with Crippen LogP contribution in [-0.4, -0.2) is 37.9 Å². The minimum Gasteiger partial charge on any atom is -0.374 e. The first kappa shape index (κ1) is 10.4. The molecule has 1 atom stereocenters. The van der Waals surface area contributed by atoms with Gasteiger partial charge in [0.1, 0.15) is 0 Å². The highest BCUT2D eigenvalue weighted by Crippen LogP contribution is 2.23. The fourth-order valence-corrected chi connectivity index (χ4v) is 1.98. The van der Waals surface area contributed by atoms with Gasteiger partial charge in [-0.2, -0.15) is 0 Å². The molecule has 2 N–H and O–H groups in total. The zero-order valence-corrected chi connectivity index (χ0v) is 9.14. The molecule has 0 amide bonds. The van der Waals surface area contributed by atoms with Crippen LogP contribution >= 0.6 is 0 Å². The number of hydrogen-bond acceptors (Lipinski definition) is 3. The molecule has 1 aliphatic heterocycles. The van der Waals surface area contributed by atoms with Crippen molar-refractivity contribution in [2.45, 2.75) is 44.2 Å². The molecule has 14 heavy (non-hydrogen) atoms. The Morgan fingerprint density at radius 2 is 2.21 bits per heavy atom. The zero-order chi connectivity index (χ0) is 9.86. The summed E-state index contributed by atoms with van der Waals surface area (Å²) < 4.78 is 5.70. The van der Waals surface area contributed by atoms with Crippen molar-refractivity contribution in [1.29, 1.82) is 0 Å². The van der Waals surface area contributed by atoms with E-state index < -0.39 is 0 Å². The highest BCUT2D eigenvalue weighted by molar-refractivity contribution is 4.83. The Bertz CT molecular complexity index is 174. The highest BCUT2D eigenvalue weighted by atomic mass is 16.5. The van der Waals surface area contributed by atoms with Crippen LogP contribution in [0.1, 0.15) is 32.6 Å². The van der Waals surface area contributed by atoms with Crippen LogP contribution in [-0.2, 0) is 4.74 Å². The lowest BCUT2D eigenvalue weighted by Crippen LogP contribution is -2.40. The Kier molecular flexibility index (Phi) is 3.42. The van der Waals surface area contributed by atoms with Gasteiger partial charge in [-0.1, -0.05) is 0 Å². The molecule has 0 spiro atoms. The second-order valence-corrected chi connectivity index (χ2v) is 4.81. The fraction of sp³-hybridized carbons (Fsp3) is 1.00. The lowest BCUT2D eigenvalue weighted by molar-refractivity contribution is 0.0211. The third-order valence-electron chi connectivity index (χ3n) is 3.11. The summed E-state index contributed by atoms with van der Waals surface area (Å²) in [4.78, 5) is 0. The van der Waals surface area contributed by atoms with Crippen molar-refractivity contribution in [2.24, 2.45) is 0 Å². The largest absolute Gasteiger partial charge is 0.374 e. The van der Waals surface area contributed by atoms with Crippen molar-refractivity contribution in [3.05, 3.63) is 0 Å². The minimum absolute atomic E-state index is 0.111. The van der Waals surface area contributed by atoms with E-state index in [-0.39, 0.29) is 5.60 Å². The molecule has 2 aliphatic rings. The van der Waals surface area contributed by atoms with Gasteiger partial charge >= 0.3 is 0 Å². The molecule has 3 heteroatoms. The molecule has 1 aliphatic carbocycles. The first-order valence-corrected chi connectivity index (χ1v) is 5.87. The van der Waals surface area contributed by atoms with Gasteiger partial charge in [-0.25, -0.2) is 0 Å². The van der Waals surface area contributed by atoms with Crippen LogP contribution in [0, 0.1) is 0 Å². The van der Waals surface area contributed by atoms with Crippen LogP contribution < -0.4 is 10.6 Å². The fourth-order valence-electron chi connectivity index (χ4n) is 1.98. The van der Waals surface area contributed by atoms with Gasteiger partial charge in [-0.15, -0.1) is 0 Å². The molecule has 2 rings (SSSR count). The molecular formula is C11H22N2O. The summed E-state index contributed by atoms with van der Waals surface area (Å²) in [6.45, 7) is 6.31. The molecular weight excluding hydrogens is 176 g/mol. The molecule has 1 heterocycles. The zero-order valence-electron chi connectivity index (χ0n) is 9.14. The van der Waals surface area contributed by atoms with E-state index in [2.05, 4.69) is 17.6 Å². The van der Waals surface area contributed by atoms with E-state index in [0.717, 1.165) is 32.3 Å². The maximum atomic E-state index is 5.70. The molecule has 2 fully saturated rings. The van der Waals surface area contributed by atoms with Crippen molar-refractivity contribution in [3.8, 4) is 0 Å². The van der Waals surface area contributed by atoms with Gasteiger partial charge in [-0.3, -0.25) is 0 Å². The average Bonchev–Trinajstić information content (AvgIpc) is 2.89. The highest BCUT2D eigenvalue weighted by Gasteiger charge is 2.28. The van der Waals surface area contributed by atoms with E-state index in [0.29, 0.717) is 0 Å². The Balaban J connectivity index is 1.48. The van der Waals surface area contributed by atoms with Crippen LogP contribution in [0.2, 0.25) is 0 Å². The van der Waals surface area contributed by atoms with Gasteiger partial charge < -0.3 is 15.4 Å². The Labute approximate surface area is 86.6 Å². The smallest absolute Gasteiger partial charge is 0.0779 e. The van der Waals surface area contributed by atoms with E-state index in [1.807, 2.05) is 0 Å². The molecule has 82 valence electrons. The van der Waals surface area contributed by atoms with E-state index in [9.17, 15) is 0 Å². The second-order valence-electron chi connectivity index (χ2n) is 4.81. The number of rotatable bonds is 6. The minimum atomic E-state index is 0.111. The monoisotopic (exact) mass is 198 g/mol. The molecule has 1 saturated heterocycles. The maximum Gasteiger partial charge on any atom is 0.0779 e. The van der Waals surface area contributed by atoms with E-state index >= 15 is 0 Å². The van der Waals surface area contributed by atoms with E-state index in [1.165, 1.54) is 25.7 Å². The average molecular weight is 198 g/mol. The lowest BCUT2D eigenvalue weighted by atomic mass is 10.0. The van der Waals surface area contributed by atoms with Gasteiger partial charge in [0.15, 0.2) is 0 Å². The van der Waals surface area contributed by atoms with Gasteiger partial charge in [-0.05, 0) is 32.6 Å². The summed E-state index contributed by atoms with van der Waals surface area (Å²) in [5.74, 6) is 0. The molecule has 1 unspecified atom stereocenters. The molecule has 3 nitrogen and oxygen atoms in total. The van der Waals surface area contributed by atoms with Crippen LogP contribution in [0.3, 0.4) is 0 Å². The van der Waals surface area contributed by atoms with Crippen molar-refractivity contribution < 1.29 is 4.74 Å². The topological polar surface area (TPSA) is 33.3 Å². The van der Waals surface area contributed by atoms with Crippen molar-refractivity contribution in [2.75, 3.05) is 26.2 Å². The van der Waals surface area contributed by atoms with Crippen LogP contribution in [0.25, 0.3) is 0 Å². The standard InChI is InChI=1S/C11H22N2O/c1-11(5-2-8-14-11)9-12-6-7-13-10-3-4-10/h10,12-13H,2-9H2,1H3. The number of ether oxygens (including phenoxy) is 1. The van der Waals surface area contributed by atoms with Gasteiger partial charge in [0, 0.05) is 32.3 Å². The first-order chi connectivity index (χ1) is 6.79. The van der Waals surface area contributed by atoms with Crippen molar-refractivity contribution in [1.82, 2.24) is 10.6 Å². The summed E-state index contributed by atoms with van der Waals surface area (Å²) >= 11 is 0. The molecule has 0 radical (unpaired) electrons. The van der Waals surface area contributed by atoms with Crippen LogP contribution in [0.5, 0.6) is 0 Å². The lowest BCUT2D eigenvalue weighted by Gasteiger charge is -2.23. The third kappa shape index (κ3) is 3.23. The Morgan fingerprint density at radius 3 is 2.86 bits per heavy atom. The van der Waals surface area contributed by atoms with Crippen LogP contribution in [0.15, 0.2) is 0 Å². The summed E-state index contributed by atoms with van der Waals surface area (Å²) in [6.07, 6.45) is 5.18. The second kappa shape index (κ2) is 4.60. The predicted molar refractivity (Wildman–Crippen MR) is 57.5 cm³/mol. The third-order valence-corrected chi connectivity index (χ3v) is 3.11. The molecule has 1 saturated carbocycles. The summed E-state index contributed by atoms with van der Waals surface area (Å²) in [5.41, 5.74) is 0.111. The maximum absolute atomic E-state index is 5.70. The quantitative estimate of drug-likeness (QED) is 0.622. The molecule has 0 aromatic carbocycles. The first-order valence-electron chi connectivity index (χ1n) is 5.87. The van der Waals surface area contributed by atoms with Gasteiger partial charge in [0.25, 0.3) is 0 Å². The summed E-state index contributed by atoms with van der Waals surface area (Å²) in [6, 6.07) is 0.829. The van der Waals surface area contributed by atoms with Crippen LogP contribution in [0.4, 0.5) is 0 Å². The Morgan fingerprint density at radius 1 is 1.36 bits per heavy atom. The molecule has 0 aromatic heterocycles. The van der Waals surface area contributed by atoms with E-state index in [4.69, 9.17) is 4.74 Å². The summed E-state index contributed by atoms with van der Waals surface area (Å²) in [5, 5.41) is 6.95. The van der Waals surface area contributed by atoms with Gasteiger partial charge in [0.05, 0.1) is 5.60 Å².